The van der Waals surface area contributed by atoms with Crippen molar-refractivity contribution in [3.05, 3.63) is 68.8 Å². The van der Waals surface area contributed by atoms with Gasteiger partial charge in [0.1, 0.15) is 5.82 Å². The van der Waals surface area contributed by atoms with Gasteiger partial charge in [0.15, 0.2) is 0 Å². The zero-order chi connectivity index (χ0) is 14.0. The van der Waals surface area contributed by atoms with Gasteiger partial charge in [-0.1, -0.05) is 23.7 Å². The average molecular weight is 282 g/mol. The van der Waals surface area contributed by atoms with Crippen LogP contribution in [0.15, 0.2) is 41.3 Å². The van der Waals surface area contributed by atoms with Crippen LogP contribution in [0, 0.1) is 5.82 Å². The molecule has 0 aliphatic carbocycles. The number of rotatable bonds is 3. The summed E-state index contributed by atoms with van der Waals surface area (Å²) in [5, 5.41) is 8.71. The molecule has 1 aromatic heterocycles. The summed E-state index contributed by atoms with van der Waals surface area (Å²) in [5.41, 5.74) is -0.126. The Balaban J connectivity index is 2.37. The van der Waals surface area contributed by atoms with Crippen LogP contribution in [-0.2, 0) is 6.54 Å². The Morgan fingerprint density at radius 1 is 1.37 bits per heavy atom. The van der Waals surface area contributed by atoms with E-state index >= 15 is 0 Å². The second-order valence-electron chi connectivity index (χ2n) is 3.90. The summed E-state index contributed by atoms with van der Waals surface area (Å²) in [5.74, 6) is -1.73. The molecule has 1 N–H and O–H groups in total. The van der Waals surface area contributed by atoms with Gasteiger partial charge in [-0.15, -0.1) is 0 Å². The van der Waals surface area contributed by atoms with Crippen molar-refractivity contribution >= 4 is 17.6 Å². The Morgan fingerprint density at radius 2 is 2.11 bits per heavy atom. The summed E-state index contributed by atoms with van der Waals surface area (Å²) in [6, 6.07) is 6.63. The van der Waals surface area contributed by atoms with Crippen molar-refractivity contribution in [2.75, 3.05) is 0 Å². The van der Waals surface area contributed by atoms with E-state index in [0.717, 1.165) is 6.07 Å². The van der Waals surface area contributed by atoms with Crippen molar-refractivity contribution in [2.24, 2.45) is 0 Å². The largest absolute Gasteiger partial charge is 0.478 e. The average Bonchev–Trinajstić information content (AvgIpc) is 2.37. The van der Waals surface area contributed by atoms with Crippen LogP contribution < -0.4 is 5.56 Å². The standard InChI is InChI=1S/C13H9ClFNO3/c14-12-9(2-1-3-10(12)15)7-16-5-4-8(13(18)19)6-11(16)17/h1-6H,7H2,(H,18,19). The first kappa shape index (κ1) is 13.3. The van der Waals surface area contributed by atoms with Crippen LogP contribution in [0.3, 0.4) is 0 Å². The number of carboxylic acid groups (broad SMARTS) is 1. The molecule has 4 nitrogen and oxygen atoms in total. The van der Waals surface area contributed by atoms with Crippen LogP contribution in [0.1, 0.15) is 15.9 Å². The second-order valence-corrected chi connectivity index (χ2v) is 4.28. The molecule has 0 unspecified atom stereocenters. The normalized spacial score (nSPS) is 10.4. The molecule has 0 spiro atoms. The maximum atomic E-state index is 13.3. The van der Waals surface area contributed by atoms with Gasteiger partial charge in [-0.25, -0.2) is 9.18 Å². The zero-order valence-electron chi connectivity index (χ0n) is 9.64. The number of benzene rings is 1. The summed E-state index contributed by atoms with van der Waals surface area (Å²) in [7, 11) is 0. The molecule has 0 amide bonds. The Labute approximate surface area is 112 Å². The number of aromatic carboxylic acids is 1. The minimum absolute atomic E-state index is 0.0447. The van der Waals surface area contributed by atoms with Crippen LogP contribution in [0.4, 0.5) is 4.39 Å². The van der Waals surface area contributed by atoms with Gasteiger partial charge in [-0.05, 0) is 17.7 Å². The smallest absolute Gasteiger partial charge is 0.335 e. The first-order valence-electron chi connectivity index (χ1n) is 5.35. The second kappa shape index (κ2) is 5.24. The van der Waals surface area contributed by atoms with Gasteiger partial charge < -0.3 is 9.67 Å². The monoisotopic (exact) mass is 281 g/mol. The van der Waals surface area contributed by atoms with Crippen LogP contribution in [0.25, 0.3) is 0 Å². The Hall–Kier alpha value is -2.14. The van der Waals surface area contributed by atoms with Crippen molar-refractivity contribution < 1.29 is 14.3 Å². The van der Waals surface area contributed by atoms with E-state index in [2.05, 4.69) is 0 Å². The minimum Gasteiger partial charge on any atom is -0.478 e. The molecule has 2 aromatic rings. The third-order valence-electron chi connectivity index (χ3n) is 2.62. The molecule has 0 bridgehead atoms. The number of carbonyl (C=O) groups is 1. The van der Waals surface area contributed by atoms with Gasteiger partial charge >= 0.3 is 5.97 Å². The van der Waals surface area contributed by atoms with Crippen LogP contribution in [0.2, 0.25) is 5.02 Å². The lowest BCUT2D eigenvalue weighted by Gasteiger charge is -2.08. The van der Waals surface area contributed by atoms with Crippen molar-refractivity contribution in [3.8, 4) is 0 Å². The molecule has 1 heterocycles. The fourth-order valence-electron chi connectivity index (χ4n) is 1.63. The van der Waals surface area contributed by atoms with Crippen LogP contribution in [0.5, 0.6) is 0 Å². The van der Waals surface area contributed by atoms with E-state index in [-0.39, 0.29) is 17.1 Å². The minimum atomic E-state index is -1.17. The molecule has 6 heteroatoms. The first-order valence-corrected chi connectivity index (χ1v) is 5.73. The van der Waals surface area contributed by atoms with Gasteiger partial charge in [0.2, 0.25) is 0 Å². The molecule has 0 saturated heterocycles. The maximum absolute atomic E-state index is 13.3. The SMILES string of the molecule is O=C(O)c1ccn(Cc2cccc(F)c2Cl)c(=O)c1. The molecular formula is C13H9ClFNO3. The van der Waals surface area contributed by atoms with E-state index in [1.54, 1.807) is 6.07 Å². The summed E-state index contributed by atoms with van der Waals surface area (Å²) in [4.78, 5) is 22.4. The third-order valence-corrected chi connectivity index (χ3v) is 3.04. The zero-order valence-corrected chi connectivity index (χ0v) is 10.4. The van der Waals surface area contributed by atoms with Crippen molar-refractivity contribution in [1.82, 2.24) is 4.57 Å². The molecule has 0 fully saturated rings. The van der Waals surface area contributed by atoms with E-state index in [1.807, 2.05) is 0 Å². The Kier molecular flexibility index (Phi) is 3.66. The lowest BCUT2D eigenvalue weighted by Crippen LogP contribution is -2.21. The van der Waals surface area contributed by atoms with Crippen molar-refractivity contribution in [1.29, 1.82) is 0 Å². The summed E-state index contributed by atoms with van der Waals surface area (Å²) in [6.07, 6.45) is 1.34. The maximum Gasteiger partial charge on any atom is 0.335 e. The van der Waals surface area contributed by atoms with E-state index < -0.39 is 17.3 Å². The van der Waals surface area contributed by atoms with Gasteiger partial charge in [0.05, 0.1) is 17.1 Å². The molecule has 2 rings (SSSR count). The number of hydrogen-bond acceptors (Lipinski definition) is 2. The molecule has 98 valence electrons. The van der Waals surface area contributed by atoms with Crippen molar-refractivity contribution in [3.63, 3.8) is 0 Å². The topological polar surface area (TPSA) is 59.3 Å². The summed E-state index contributed by atoms with van der Waals surface area (Å²) < 4.78 is 14.5. The first-order chi connectivity index (χ1) is 8.99. The molecule has 0 saturated carbocycles. The summed E-state index contributed by atoms with van der Waals surface area (Å²) >= 11 is 5.79. The molecular weight excluding hydrogens is 273 g/mol. The highest BCUT2D eigenvalue weighted by Gasteiger charge is 2.09. The summed E-state index contributed by atoms with van der Waals surface area (Å²) in [6.45, 7) is 0.0787. The fraction of sp³-hybridized carbons (Fsp3) is 0.0769. The molecule has 0 radical (unpaired) electrons. The van der Waals surface area contributed by atoms with Gasteiger partial charge in [-0.3, -0.25) is 4.79 Å². The number of hydrogen-bond donors (Lipinski definition) is 1. The highest BCUT2D eigenvalue weighted by molar-refractivity contribution is 6.31. The molecule has 0 aliphatic rings. The fourth-order valence-corrected chi connectivity index (χ4v) is 1.81. The quantitative estimate of drug-likeness (QED) is 0.940. The lowest BCUT2D eigenvalue weighted by molar-refractivity contribution is 0.0696. The number of aromatic nitrogens is 1. The highest BCUT2D eigenvalue weighted by atomic mass is 35.5. The number of carboxylic acids is 1. The van der Waals surface area contributed by atoms with Crippen LogP contribution in [-0.4, -0.2) is 15.6 Å². The third kappa shape index (κ3) is 2.82. The van der Waals surface area contributed by atoms with Crippen LogP contribution >= 0.6 is 11.6 Å². The molecule has 0 atom stereocenters. The molecule has 1 aromatic carbocycles. The van der Waals surface area contributed by atoms with Gasteiger partial charge in [0, 0.05) is 12.3 Å². The predicted molar refractivity (Wildman–Crippen MR) is 68.2 cm³/mol. The number of pyridine rings is 1. The number of halogens is 2. The van der Waals surface area contributed by atoms with Gasteiger partial charge in [0.25, 0.3) is 5.56 Å². The van der Waals surface area contributed by atoms with Crippen molar-refractivity contribution in [2.45, 2.75) is 6.54 Å². The van der Waals surface area contributed by atoms with E-state index in [0.29, 0.717) is 5.56 Å². The Bertz CT molecular complexity index is 697. The number of nitrogens with zero attached hydrogens (tertiary/aromatic N) is 1. The lowest BCUT2D eigenvalue weighted by atomic mass is 10.2. The van der Waals surface area contributed by atoms with Gasteiger partial charge in [-0.2, -0.15) is 0 Å². The van der Waals surface area contributed by atoms with E-state index in [9.17, 15) is 14.0 Å². The van der Waals surface area contributed by atoms with E-state index in [4.69, 9.17) is 16.7 Å². The predicted octanol–water partition coefficient (Wildman–Crippen LogP) is 2.39. The Morgan fingerprint density at radius 3 is 2.74 bits per heavy atom. The molecule has 19 heavy (non-hydrogen) atoms. The van der Waals surface area contributed by atoms with E-state index in [1.165, 1.54) is 29.0 Å². The highest BCUT2D eigenvalue weighted by Crippen LogP contribution is 2.20. The molecule has 0 aliphatic heterocycles.